The van der Waals surface area contributed by atoms with E-state index in [0.717, 1.165) is 13.1 Å². The Hall–Kier alpha value is -1.02. The second kappa shape index (κ2) is 5.96. The standard InChI is InChI=1S/C17H28N2/c1-4-19(15-8-6-5-7-9-15)13-14-12-17(2,3)11-10-16(14)18/h5-9,14,16H,4,10-13,18H2,1-3H3. The van der Waals surface area contributed by atoms with Crippen molar-refractivity contribution in [3.05, 3.63) is 30.3 Å². The molecule has 2 unspecified atom stereocenters. The number of nitrogens with two attached hydrogens (primary N) is 1. The van der Waals surface area contributed by atoms with Gasteiger partial charge in [-0.25, -0.2) is 0 Å². The Kier molecular flexibility index (Phi) is 4.51. The molecular formula is C17H28N2. The first-order valence-corrected chi connectivity index (χ1v) is 7.57. The van der Waals surface area contributed by atoms with Crippen LogP contribution < -0.4 is 10.6 Å². The fraction of sp³-hybridized carbons (Fsp3) is 0.647. The highest BCUT2D eigenvalue weighted by atomic mass is 15.1. The predicted molar refractivity (Wildman–Crippen MR) is 83.4 cm³/mol. The maximum absolute atomic E-state index is 6.35. The van der Waals surface area contributed by atoms with Crippen LogP contribution in [0.4, 0.5) is 5.69 Å². The highest BCUT2D eigenvalue weighted by Crippen LogP contribution is 2.38. The summed E-state index contributed by atoms with van der Waals surface area (Å²) in [6.07, 6.45) is 3.68. The molecule has 1 aromatic carbocycles. The van der Waals surface area contributed by atoms with Gasteiger partial charge in [-0.3, -0.25) is 0 Å². The number of para-hydroxylation sites is 1. The molecule has 1 aromatic rings. The number of hydrogen-bond acceptors (Lipinski definition) is 2. The van der Waals surface area contributed by atoms with Crippen molar-refractivity contribution in [1.82, 2.24) is 0 Å². The summed E-state index contributed by atoms with van der Waals surface area (Å²) in [7, 11) is 0. The molecule has 0 spiro atoms. The molecule has 19 heavy (non-hydrogen) atoms. The van der Waals surface area contributed by atoms with Crippen LogP contribution in [0, 0.1) is 11.3 Å². The fourth-order valence-electron chi connectivity index (χ4n) is 3.30. The Labute approximate surface area is 118 Å². The summed E-state index contributed by atoms with van der Waals surface area (Å²) in [6, 6.07) is 11.1. The Morgan fingerprint density at radius 2 is 1.95 bits per heavy atom. The molecular weight excluding hydrogens is 232 g/mol. The lowest BCUT2D eigenvalue weighted by Gasteiger charge is -2.41. The number of rotatable bonds is 4. The first-order chi connectivity index (χ1) is 9.02. The van der Waals surface area contributed by atoms with Crippen molar-refractivity contribution in [3.8, 4) is 0 Å². The first kappa shape index (κ1) is 14.4. The molecule has 2 heteroatoms. The van der Waals surface area contributed by atoms with Gasteiger partial charge in [0, 0.05) is 24.8 Å². The van der Waals surface area contributed by atoms with Crippen molar-refractivity contribution in [2.45, 2.75) is 46.1 Å². The molecule has 2 atom stereocenters. The van der Waals surface area contributed by atoms with E-state index in [1.807, 2.05) is 0 Å². The zero-order valence-corrected chi connectivity index (χ0v) is 12.6. The van der Waals surface area contributed by atoms with E-state index < -0.39 is 0 Å². The van der Waals surface area contributed by atoms with Gasteiger partial charge in [-0.2, -0.15) is 0 Å². The molecule has 0 radical (unpaired) electrons. The van der Waals surface area contributed by atoms with Crippen LogP contribution in [0.3, 0.4) is 0 Å². The SMILES string of the molecule is CCN(CC1CC(C)(C)CCC1N)c1ccccc1. The van der Waals surface area contributed by atoms with Gasteiger partial charge in [0.15, 0.2) is 0 Å². The van der Waals surface area contributed by atoms with Crippen molar-refractivity contribution < 1.29 is 0 Å². The third kappa shape index (κ3) is 3.73. The van der Waals surface area contributed by atoms with E-state index in [-0.39, 0.29) is 0 Å². The highest BCUT2D eigenvalue weighted by molar-refractivity contribution is 5.45. The van der Waals surface area contributed by atoms with E-state index >= 15 is 0 Å². The number of hydrogen-bond donors (Lipinski definition) is 1. The molecule has 0 heterocycles. The summed E-state index contributed by atoms with van der Waals surface area (Å²) < 4.78 is 0. The molecule has 1 fully saturated rings. The summed E-state index contributed by atoms with van der Waals surface area (Å²) in [5, 5.41) is 0. The number of nitrogens with zero attached hydrogens (tertiary/aromatic N) is 1. The van der Waals surface area contributed by atoms with Gasteiger partial charge in [0.25, 0.3) is 0 Å². The maximum atomic E-state index is 6.35. The monoisotopic (exact) mass is 260 g/mol. The third-order valence-corrected chi connectivity index (χ3v) is 4.53. The summed E-state index contributed by atoms with van der Waals surface area (Å²) in [4.78, 5) is 2.46. The van der Waals surface area contributed by atoms with Gasteiger partial charge in [-0.15, -0.1) is 0 Å². The molecule has 0 amide bonds. The van der Waals surface area contributed by atoms with Gasteiger partial charge in [0.2, 0.25) is 0 Å². The quantitative estimate of drug-likeness (QED) is 0.895. The molecule has 1 saturated carbocycles. The van der Waals surface area contributed by atoms with Crippen molar-refractivity contribution in [2.75, 3.05) is 18.0 Å². The minimum absolute atomic E-state index is 0.366. The average molecular weight is 260 g/mol. The van der Waals surface area contributed by atoms with Crippen molar-refractivity contribution in [2.24, 2.45) is 17.1 Å². The average Bonchev–Trinajstić information content (AvgIpc) is 2.40. The van der Waals surface area contributed by atoms with E-state index in [1.54, 1.807) is 0 Å². The van der Waals surface area contributed by atoms with Crippen LogP contribution in [0.5, 0.6) is 0 Å². The van der Waals surface area contributed by atoms with Crippen LogP contribution in [0.25, 0.3) is 0 Å². The lowest BCUT2D eigenvalue weighted by Crippen LogP contribution is -2.45. The lowest BCUT2D eigenvalue weighted by atomic mass is 9.70. The van der Waals surface area contributed by atoms with E-state index in [1.165, 1.54) is 24.9 Å². The molecule has 1 aliphatic rings. The first-order valence-electron chi connectivity index (χ1n) is 7.57. The second-order valence-electron chi connectivity index (χ2n) is 6.71. The number of anilines is 1. The van der Waals surface area contributed by atoms with Gasteiger partial charge >= 0.3 is 0 Å². The minimum Gasteiger partial charge on any atom is -0.371 e. The van der Waals surface area contributed by atoms with Crippen molar-refractivity contribution in [1.29, 1.82) is 0 Å². The summed E-state index contributed by atoms with van der Waals surface area (Å²) >= 11 is 0. The van der Waals surface area contributed by atoms with Crippen LogP contribution in [0.1, 0.15) is 40.0 Å². The normalized spacial score (nSPS) is 26.1. The zero-order chi connectivity index (χ0) is 13.9. The highest BCUT2D eigenvalue weighted by Gasteiger charge is 2.33. The maximum Gasteiger partial charge on any atom is 0.0366 e. The van der Waals surface area contributed by atoms with Gasteiger partial charge in [0.05, 0.1) is 0 Å². The van der Waals surface area contributed by atoms with E-state index in [9.17, 15) is 0 Å². The molecule has 1 aliphatic carbocycles. The van der Waals surface area contributed by atoms with E-state index in [2.05, 4.69) is 56.0 Å². The summed E-state index contributed by atoms with van der Waals surface area (Å²) in [5.74, 6) is 0.615. The smallest absolute Gasteiger partial charge is 0.0366 e. The van der Waals surface area contributed by atoms with Crippen LogP contribution in [-0.2, 0) is 0 Å². The van der Waals surface area contributed by atoms with Gasteiger partial charge in [0.1, 0.15) is 0 Å². The van der Waals surface area contributed by atoms with Gasteiger partial charge < -0.3 is 10.6 Å². The largest absolute Gasteiger partial charge is 0.371 e. The van der Waals surface area contributed by atoms with Crippen LogP contribution >= 0.6 is 0 Å². The van der Waals surface area contributed by atoms with E-state index in [0.29, 0.717) is 17.4 Å². The Bertz CT molecular complexity index is 386. The summed E-state index contributed by atoms with van der Waals surface area (Å²) in [5.41, 5.74) is 8.13. The van der Waals surface area contributed by atoms with Crippen molar-refractivity contribution >= 4 is 5.69 Å². The Morgan fingerprint density at radius 1 is 1.26 bits per heavy atom. The second-order valence-corrected chi connectivity index (χ2v) is 6.71. The van der Waals surface area contributed by atoms with Crippen LogP contribution in [0.15, 0.2) is 30.3 Å². The van der Waals surface area contributed by atoms with Gasteiger partial charge in [-0.1, -0.05) is 32.0 Å². The lowest BCUT2D eigenvalue weighted by molar-refractivity contribution is 0.160. The molecule has 2 N–H and O–H groups in total. The predicted octanol–water partition coefficient (Wildman–Crippen LogP) is 3.67. The summed E-state index contributed by atoms with van der Waals surface area (Å²) in [6.45, 7) is 9.13. The van der Waals surface area contributed by atoms with E-state index in [4.69, 9.17) is 5.73 Å². The topological polar surface area (TPSA) is 29.3 Å². The molecule has 2 rings (SSSR count). The minimum atomic E-state index is 0.366. The molecule has 106 valence electrons. The molecule has 0 aromatic heterocycles. The van der Waals surface area contributed by atoms with Crippen molar-refractivity contribution in [3.63, 3.8) is 0 Å². The van der Waals surface area contributed by atoms with Crippen LogP contribution in [-0.4, -0.2) is 19.1 Å². The molecule has 0 aliphatic heterocycles. The Morgan fingerprint density at radius 3 is 2.58 bits per heavy atom. The zero-order valence-electron chi connectivity index (χ0n) is 12.6. The fourth-order valence-corrected chi connectivity index (χ4v) is 3.30. The third-order valence-electron chi connectivity index (χ3n) is 4.53. The number of benzene rings is 1. The Balaban J connectivity index is 2.05. The van der Waals surface area contributed by atoms with Gasteiger partial charge in [-0.05, 0) is 49.7 Å². The molecule has 2 nitrogen and oxygen atoms in total. The molecule has 0 bridgehead atoms. The molecule has 0 saturated heterocycles. The van der Waals surface area contributed by atoms with Crippen LogP contribution in [0.2, 0.25) is 0 Å².